The summed E-state index contributed by atoms with van der Waals surface area (Å²) in [5.74, 6) is -0.439. The predicted molar refractivity (Wildman–Crippen MR) is 92.8 cm³/mol. The molecule has 25 heavy (non-hydrogen) atoms. The van der Waals surface area contributed by atoms with Gasteiger partial charge in [-0.3, -0.25) is 4.79 Å². The second kappa shape index (κ2) is 8.15. The lowest BCUT2D eigenvalue weighted by Crippen LogP contribution is -2.40. The summed E-state index contributed by atoms with van der Waals surface area (Å²) < 4.78 is 33.0. The molecule has 0 bridgehead atoms. The Balaban J connectivity index is 1.85. The van der Waals surface area contributed by atoms with Crippen molar-refractivity contribution in [2.45, 2.75) is 12.5 Å². The second-order valence-corrected chi connectivity index (χ2v) is 7.97. The Morgan fingerprint density at radius 2 is 2.04 bits per heavy atom. The molecule has 0 aromatic heterocycles. The number of ether oxygens (including phenoxy) is 2. The van der Waals surface area contributed by atoms with Crippen LogP contribution in [0.25, 0.3) is 6.08 Å². The Morgan fingerprint density at radius 1 is 1.32 bits per heavy atom. The third-order valence-electron chi connectivity index (χ3n) is 4.03. The van der Waals surface area contributed by atoms with Crippen LogP contribution in [0.2, 0.25) is 0 Å². The number of hydrogen-bond donors (Lipinski definition) is 0. The number of para-hydroxylation sites is 1. The van der Waals surface area contributed by atoms with Crippen molar-refractivity contribution in [3.63, 3.8) is 0 Å². The highest BCUT2D eigenvalue weighted by Crippen LogP contribution is 2.19. The van der Waals surface area contributed by atoms with Crippen molar-refractivity contribution in [2.75, 3.05) is 32.3 Å². The molecule has 1 aromatic rings. The van der Waals surface area contributed by atoms with Crippen LogP contribution in [-0.2, 0) is 24.2 Å². The Bertz CT molecular complexity index is 771. The van der Waals surface area contributed by atoms with E-state index in [0.29, 0.717) is 17.7 Å². The van der Waals surface area contributed by atoms with Gasteiger partial charge in [-0.2, -0.15) is 0 Å². The van der Waals surface area contributed by atoms with Gasteiger partial charge < -0.3 is 14.4 Å². The largest absolute Gasteiger partial charge is 0.496 e. The first-order valence-corrected chi connectivity index (χ1v) is 9.58. The molecular weight excluding hydrogens is 346 g/mol. The van der Waals surface area contributed by atoms with Gasteiger partial charge in [0.15, 0.2) is 16.4 Å². The fourth-order valence-corrected chi connectivity index (χ4v) is 4.30. The SMILES string of the molecule is COc1ccccc1C=CC(=O)OCC(=O)N(C)C1CCS(=O)(=O)C1. The summed E-state index contributed by atoms with van der Waals surface area (Å²) in [4.78, 5) is 25.1. The molecule has 0 saturated carbocycles. The van der Waals surface area contributed by atoms with Crippen LogP contribution in [0.15, 0.2) is 30.3 Å². The molecule has 1 unspecified atom stereocenters. The van der Waals surface area contributed by atoms with Crippen molar-refractivity contribution in [1.82, 2.24) is 4.90 Å². The van der Waals surface area contributed by atoms with Crippen molar-refractivity contribution in [2.24, 2.45) is 0 Å². The summed E-state index contributed by atoms with van der Waals surface area (Å²) >= 11 is 0. The maximum atomic E-state index is 12.0. The average molecular weight is 367 g/mol. The van der Waals surface area contributed by atoms with Crippen molar-refractivity contribution < 1.29 is 27.5 Å². The van der Waals surface area contributed by atoms with E-state index in [0.717, 1.165) is 0 Å². The van der Waals surface area contributed by atoms with Crippen LogP contribution < -0.4 is 4.74 Å². The highest BCUT2D eigenvalue weighted by Gasteiger charge is 2.32. The highest BCUT2D eigenvalue weighted by atomic mass is 32.2. The number of likely N-dealkylation sites (N-methyl/N-ethyl adjacent to an activating group) is 1. The van der Waals surface area contributed by atoms with E-state index >= 15 is 0 Å². The van der Waals surface area contributed by atoms with Gasteiger partial charge in [0.1, 0.15) is 5.75 Å². The quantitative estimate of drug-likeness (QED) is 0.548. The standard InChI is InChI=1S/C17H21NO6S/c1-18(14-9-10-25(21,22)12-14)16(19)11-24-17(20)8-7-13-5-3-4-6-15(13)23-2/h3-8,14H,9-12H2,1-2H3. The van der Waals surface area contributed by atoms with Crippen LogP contribution >= 0.6 is 0 Å². The zero-order valence-corrected chi connectivity index (χ0v) is 15.0. The van der Waals surface area contributed by atoms with E-state index in [2.05, 4.69) is 0 Å². The molecule has 136 valence electrons. The topological polar surface area (TPSA) is 90.0 Å². The second-order valence-electron chi connectivity index (χ2n) is 5.74. The molecule has 7 nitrogen and oxygen atoms in total. The fourth-order valence-electron chi connectivity index (χ4n) is 2.53. The molecule has 0 radical (unpaired) electrons. The summed E-state index contributed by atoms with van der Waals surface area (Å²) in [6.45, 7) is -0.428. The monoisotopic (exact) mass is 367 g/mol. The number of sulfone groups is 1. The minimum atomic E-state index is -3.08. The number of methoxy groups -OCH3 is 1. The molecule has 1 atom stereocenters. The van der Waals surface area contributed by atoms with E-state index in [1.54, 1.807) is 18.2 Å². The average Bonchev–Trinajstić information content (AvgIpc) is 2.97. The van der Waals surface area contributed by atoms with Gasteiger partial charge in [-0.25, -0.2) is 13.2 Å². The van der Waals surface area contributed by atoms with Crippen molar-refractivity contribution >= 4 is 27.8 Å². The predicted octanol–water partition coefficient (Wildman–Crippen LogP) is 0.897. The first kappa shape index (κ1) is 19.0. The lowest BCUT2D eigenvalue weighted by molar-refractivity contribution is -0.148. The number of carbonyl (C=O) groups excluding carboxylic acids is 2. The summed E-state index contributed by atoms with van der Waals surface area (Å²) in [5.41, 5.74) is 0.710. The molecule has 1 aliphatic rings. The maximum absolute atomic E-state index is 12.0. The van der Waals surface area contributed by atoms with Crippen LogP contribution in [0.4, 0.5) is 0 Å². The Hall–Kier alpha value is -2.35. The lowest BCUT2D eigenvalue weighted by atomic mass is 10.2. The van der Waals surface area contributed by atoms with E-state index < -0.39 is 28.3 Å². The molecule has 0 spiro atoms. The Kier molecular flexibility index (Phi) is 6.19. The van der Waals surface area contributed by atoms with Gasteiger partial charge in [-0.05, 0) is 18.6 Å². The van der Waals surface area contributed by atoms with Crippen molar-refractivity contribution in [3.8, 4) is 5.75 Å². The zero-order valence-electron chi connectivity index (χ0n) is 14.2. The van der Waals surface area contributed by atoms with Gasteiger partial charge in [0.05, 0.1) is 18.6 Å². The molecule has 1 heterocycles. The number of rotatable bonds is 6. The number of esters is 1. The van der Waals surface area contributed by atoms with E-state index in [4.69, 9.17) is 9.47 Å². The fraction of sp³-hybridized carbons (Fsp3) is 0.412. The number of nitrogens with zero attached hydrogens (tertiary/aromatic N) is 1. The Morgan fingerprint density at radius 3 is 2.68 bits per heavy atom. The van der Waals surface area contributed by atoms with Crippen LogP contribution in [0.1, 0.15) is 12.0 Å². The van der Waals surface area contributed by atoms with Crippen LogP contribution in [-0.4, -0.2) is 63.5 Å². The van der Waals surface area contributed by atoms with Crippen molar-refractivity contribution in [1.29, 1.82) is 0 Å². The molecule has 1 fully saturated rings. The van der Waals surface area contributed by atoms with Gasteiger partial charge in [-0.1, -0.05) is 18.2 Å². The number of hydrogen-bond acceptors (Lipinski definition) is 6. The first-order chi connectivity index (χ1) is 11.8. The van der Waals surface area contributed by atoms with E-state index in [9.17, 15) is 18.0 Å². The molecule has 2 rings (SSSR count). The molecule has 8 heteroatoms. The number of carbonyl (C=O) groups is 2. The smallest absolute Gasteiger partial charge is 0.331 e. The number of amides is 1. The normalized spacial score (nSPS) is 18.9. The third-order valence-corrected chi connectivity index (χ3v) is 5.78. The van der Waals surface area contributed by atoms with Gasteiger partial charge in [0.2, 0.25) is 0 Å². The molecule has 1 aromatic carbocycles. The van der Waals surface area contributed by atoms with Gasteiger partial charge in [0.25, 0.3) is 5.91 Å². The summed E-state index contributed by atoms with van der Waals surface area (Å²) in [6.07, 6.45) is 3.16. The summed E-state index contributed by atoms with van der Waals surface area (Å²) in [7, 11) is -0.0252. The van der Waals surface area contributed by atoms with Gasteiger partial charge in [-0.15, -0.1) is 0 Å². The van der Waals surface area contributed by atoms with Crippen molar-refractivity contribution in [3.05, 3.63) is 35.9 Å². The molecular formula is C17H21NO6S. The lowest BCUT2D eigenvalue weighted by Gasteiger charge is -2.22. The minimum Gasteiger partial charge on any atom is -0.496 e. The minimum absolute atomic E-state index is 0.0448. The zero-order chi connectivity index (χ0) is 18.4. The maximum Gasteiger partial charge on any atom is 0.331 e. The van der Waals surface area contributed by atoms with Crippen LogP contribution in [0.5, 0.6) is 5.75 Å². The highest BCUT2D eigenvalue weighted by molar-refractivity contribution is 7.91. The summed E-state index contributed by atoms with van der Waals surface area (Å²) in [5, 5.41) is 0. The molecule has 1 aliphatic heterocycles. The van der Waals surface area contributed by atoms with Gasteiger partial charge in [0, 0.05) is 24.7 Å². The molecule has 1 saturated heterocycles. The third kappa shape index (κ3) is 5.32. The first-order valence-electron chi connectivity index (χ1n) is 7.76. The number of benzene rings is 1. The van der Waals surface area contributed by atoms with E-state index in [-0.39, 0.29) is 17.5 Å². The molecule has 1 amide bonds. The van der Waals surface area contributed by atoms with E-state index in [1.165, 1.54) is 25.1 Å². The summed E-state index contributed by atoms with van der Waals surface area (Å²) in [6, 6.07) is 6.80. The van der Waals surface area contributed by atoms with Gasteiger partial charge >= 0.3 is 5.97 Å². The Labute approximate surface area is 147 Å². The molecule has 0 aliphatic carbocycles. The van der Waals surface area contributed by atoms with E-state index in [1.807, 2.05) is 12.1 Å². The van der Waals surface area contributed by atoms with Crippen LogP contribution in [0, 0.1) is 0 Å². The van der Waals surface area contributed by atoms with Crippen LogP contribution in [0.3, 0.4) is 0 Å². The molecule has 0 N–H and O–H groups in total.